The summed E-state index contributed by atoms with van der Waals surface area (Å²) >= 11 is 0. The van der Waals surface area contributed by atoms with Crippen molar-refractivity contribution >= 4 is 0 Å². The molecular weight excluding hydrogens is 214 g/mol. The Morgan fingerprint density at radius 3 is 3.12 bits per heavy atom. The largest absolute Gasteiger partial charge is 0.349 e. The van der Waals surface area contributed by atoms with E-state index < -0.39 is 0 Å². The molecule has 0 bridgehead atoms. The molecule has 0 aliphatic heterocycles. The molecule has 2 heterocycles. The molecule has 2 rings (SSSR count). The average molecular weight is 233 g/mol. The summed E-state index contributed by atoms with van der Waals surface area (Å²) in [7, 11) is 0. The van der Waals surface area contributed by atoms with Gasteiger partial charge in [0.15, 0.2) is 0 Å². The molecule has 0 unspecified atom stereocenters. The van der Waals surface area contributed by atoms with Crippen LogP contribution in [0.4, 0.5) is 0 Å². The first-order valence-electron chi connectivity index (χ1n) is 6.10. The molecular formula is C12H19N5. The van der Waals surface area contributed by atoms with E-state index >= 15 is 0 Å². The van der Waals surface area contributed by atoms with Gasteiger partial charge in [-0.3, -0.25) is 4.68 Å². The fourth-order valence-corrected chi connectivity index (χ4v) is 1.83. The standard InChI is InChI=1S/C12H19N5/c1-2-17-11(5-7-16-17)10-13-6-3-4-12-14-8-9-15-12/h5,7-9,13H,2-4,6,10H2,1H3,(H,14,15). The van der Waals surface area contributed by atoms with Crippen molar-refractivity contribution in [1.82, 2.24) is 25.1 Å². The molecule has 0 aromatic carbocycles. The quantitative estimate of drug-likeness (QED) is 0.710. The maximum Gasteiger partial charge on any atom is 0.106 e. The summed E-state index contributed by atoms with van der Waals surface area (Å²) < 4.78 is 2.01. The van der Waals surface area contributed by atoms with Gasteiger partial charge in [-0.25, -0.2) is 4.98 Å². The van der Waals surface area contributed by atoms with E-state index in [1.807, 2.05) is 17.1 Å². The number of aryl methyl sites for hydroxylation is 2. The number of hydrogen-bond donors (Lipinski definition) is 2. The van der Waals surface area contributed by atoms with Crippen LogP contribution in [-0.4, -0.2) is 26.3 Å². The first kappa shape index (κ1) is 11.9. The smallest absolute Gasteiger partial charge is 0.106 e. The lowest BCUT2D eigenvalue weighted by atomic mass is 10.3. The molecule has 92 valence electrons. The van der Waals surface area contributed by atoms with Crippen molar-refractivity contribution in [3.63, 3.8) is 0 Å². The minimum absolute atomic E-state index is 0.881. The fourth-order valence-electron chi connectivity index (χ4n) is 1.83. The molecule has 0 amide bonds. The SMILES string of the molecule is CCn1nccc1CNCCCc1ncc[nH]1. The molecule has 2 aromatic heterocycles. The van der Waals surface area contributed by atoms with E-state index in [2.05, 4.69) is 33.4 Å². The molecule has 0 saturated heterocycles. The number of hydrogen-bond acceptors (Lipinski definition) is 3. The molecule has 17 heavy (non-hydrogen) atoms. The Hall–Kier alpha value is -1.62. The Balaban J connectivity index is 1.63. The minimum Gasteiger partial charge on any atom is -0.349 e. The highest BCUT2D eigenvalue weighted by Crippen LogP contribution is 1.98. The number of aromatic nitrogens is 4. The zero-order chi connectivity index (χ0) is 11.9. The topological polar surface area (TPSA) is 58.5 Å². The molecule has 0 fully saturated rings. The van der Waals surface area contributed by atoms with E-state index in [0.29, 0.717) is 0 Å². The van der Waals surface area contributed by atoms with Crippen molar-refractivity contribution < 1.29 is 0 Å². The summed E-state index contributed by atoms with van der Waals surface area (Å²) in [4.78, 5) is 7.30. The van der Waals surface area contributed by atoms with E-state index in [4.69, 9.17) is 0 Å². The van der Waals surface area contributed by atoms with Crippen LogP contribution in [0.2, 0.25) is 0 Å². The van der Waals surface area contributed by atoms with Crippen LogP contribution in [0.15, 0.2) is 24.7 Å². The molecule has 0 saturated carbocycles. The lowest BCUT2D eigenvalue weighted by Gasteiger charge is -2.06. The number of nitrogens with zero attached hydrogens (tertiary/aromatic N) is 3. The molecule has 0 spiro atoms. The van der Waals surface area contributed by atoms with E-state index in [1.54, 1.807) is 6.20 Å². The summed E-state index contributed by atoms with van der Waals surface area (Å²) in [5.41, 5.74) is 1.24. The van der Waals surface area contributed by atoms with Gasteiger partial charge in [0.1, 0.15) is 5.82 Å². The van der Waals surface area contributed by atoms with Crippen molar-refractivity contribution in [2.24, 2.45) is 0 Å². The second-order valence-electron chi connectivity index (χ2n) is 3.95. The van der Waals surface area contributed by atoms with Crippen LogP contribution in [0.25, 0.3) is 0 Å². The summed E-state index contributed by atoms with van der Waals surface area (Å²) in [6.07, 6.45) is 7.59. The Morgan fingerprint density at radius 1 is 1.41 bits per heavy atom. The third-order valence-corrected chi connectivity index (χ3v) is 2.73. The molecule has 0 radical (unpaired) electrons. The van der Waals surface area contributed by atoms with Crippen molar-refractivity contribution in [3.05, 3.63) is 36.2 Å². The zero-order valence-corrected chi connectivity index (χ0v) is 10.2. The number of imidazole rings is 1. The first-order valence-corrected chi connectivity index (χ1v) is 6.10. The summed E-state index contributed by atoms with van der Waals surface area (Å²) in [5.74, 6) is 1.06. The van der Waals surface area contributed by atoms with Gasteiger partial charge >= 0.3 is 0 Å². The summed E-state index contributed by atoms with van der Waals surface area (Å²) in [6.45, 7) is 4.91. The van der Waals surface area contributed by atoms with Gasteiger partial charge in [-0.2, -0.15) is 5.10 Å². The van der Waals surface area contributed by atoms with Crippen molar-refractivity contribution in [2.45, 2.75) is 32.9 Å². The molecule has 0 atom stereocenters. The monoisotopic (exact) mass is 233 g/mol. The Labute approximate surface area is 101 Å². The van der Waals surface area contributed by atoms with E-state index in [-0.39, 0.29) is 0 Å². The van der Waals surface area contributed by atoms with Gasteiger partial charge in [0.25, 0.3) is 0 Å². The van der Waals surface area contributed by atoms with E-state index in [9.17, 15) is 0 Å². The maximum absolute atomic E-state index is 4.24. The second kappa shape index (κ2) is 6.20. The first-order chi connectivity index (χ1) is 8.40. The minimum atomic E-state index is 0.881. The molecule has 2 N–H and O–H groups in total. The highest BCUT2D eigenvalue weighted by molar-refractivity contribution is 4.99. The van der Waals surface area contributed by atoms with Crippen molar-refractivity contribution in [3.8, 4) is 0 Å². The molecule has 5 heteroatoms. The normalized spacial score (nSPS) is 10.9. The van der Waals surface area contributed by atoms with Crippen LogP contribution in [0.3, 0.4) is 0 Å². The summed E-state index contributed by atoms with van der Waals surface area (Å²) in [5, 5.41) is 7.66. The van der Waals surface area contributed by atoms with Gasteiger partial charge in [0.2, 0.25) is 0 Å². The number of rotatable bonds is 7. The van der Waals surface area contributed by atoms with Gasteiger partial charge in [-0.05, 0) is 26.0 Å². The van der Waals surface area contributed by atoms with Crippen LogP contribution in [0.1, 0.15) is 24.9 Å². The van der Waals surface area contributed by atoms with Crippen LogP contribution in [0.5, 0.6) is 0 Å². The second-order valence-corrected chi connectivity index (χ2v) is 3.95. The number of nitrogens with one attached hydrogen (secondary N) is 2. The van der Waals surface area contributed by atoms with Gasteiger partial charge in [-0.1, -0.05) is 0 Å². The lowest BCUT2D eigenvalue weighted by Crippen LogP contribution is -2.18. The van der Waals surface area contributed by atoms with Crippen LogP contribution in [-0.2, 0) is 19.5 Å². The highest BCUT2D eigenvalue weighted by atomic mass is 15.3. The van der Waals surface area contributed by atoms with Gasteiger partial charge in [0.05, 0.1) is 5.69 Å². The summed E-state index contributed by atoms with van der Waals surface area (Å²) in [6, 6.07) is 2.06. The Bertz CT molecular complexity index is 418. The zero-order valence-electron chi connectivity index (χ0n) is 10.2. The molecule has 5 nitrogen and oxygen atoms in total. The maximum atomic E-state index is 4.24. The van der Waals surface area contributed by atoms with E-state index in [0.717, 1.165) is 38.3 Å². The Kier molecular flexibility index (Phi) is 4.32. The third-order valence-electron chi connectivity index (χ3n) is 2.73. The van der Waals surface area contributed by atoms with Crippen LogP contribution >= 0.6 is 0 Å². The fraction of sp³-hybridized carbons (Fsp3) is 0.500. The van der Waals surface area contributed by atoms with Gasteiger partial charge < -0.3 is 10.3 Å². The van der Waals surface area contributed by atoms with E-state index in [1.165, 1.54) is 5.69 Å². The van der Waals surface area contributed by atoms with Gasteiger partial charge in [-0.15, -0.1) is 0 Å². The Morgan fingerprint density at radius 2 is 2.35 bits per heavy atom. The molecule has 2 aromatic rings. The lowest BCUT2D eigenvalue weighted by molar-refractivity contribution is 0.571. The van der Waals surface area contributed by atoms with Crippen molar-refractivity contribution in [1.29, 1.82) is 0 Å². The molecule has 0 aliphatic rings. The van der Waals surface area contributed by atoms with Gasteiger partial charge in [0, 0.05) is 38.1 Å². The molecule has 0 aliphatic carbocycles. The highest BCUT2D eigenvalue weighted by Gasteiger charge is 1.99. The average Bonchev–Trinajstić information content (AvgIpc) is 2.98. The number of aromatic amines is 1. The van der Waals surface area contributed by atoms with Crippen molar-refractivity contribution in [2.75, 3.05) is 6.54 Å². The van der Waals surface area contributed by atoms with Crippen LogP contribution < -0.4 is 5.32 Å². The van der Waals surface area contributed by atoms with Crippen LogP contribution in [0, 0.1) is 0 Å². The predicted molar refractivity (Wildman–Crippen MR) is 66.5 cm³/mol. The predicted octanol–water partition coefficient (Wildman–Crippen LogP) is 1.35. The number of H-pyrrole nitrogens is 1. The third kappa shape index (κ3) is 3.42.